The molecular weight excluding hydrogens is 294 g/mol. The topological polar surface area (TPSA) is 84.3 Å². The van der Waals surface area contributed by atoms with E-state index in [0.29, 0.717) is 12.5 Å². The van der Waals surface area contributed by atoms with Gasteiger partial charge in [0.2, 0.25) is 0 Å². The molecule has 1 aromatic rings. The van der Waals surface area contributed by atoms with Gasteiger partial charge in [0.15, 0.2) is 0 Å². The fraction of sp³-hybridized carbons (Fsp3) is 0.500. The van der Waals surface area contributed by atoms with Crippen LogP contribution in [0.3, 0.4) is 0 Å². The molecule has 114 valence electrons. The normalized spacial score (nSPS) is 14.4. The van der Waals surface area contributed by atoms with Crippen LogP contribution in [-0.4, -0.2) is 24.4 Å². The molecule has 0 bridgehead atoms. The SMILES string of the molecule is CNc1c(Cl)cc(C(=O)NCCC2CCC2)cc1[N+](=O)[O-]. The molecule has 0 aliphatic heterocycles. The molecule has 1 aliphatic carbocycles. The van der Waals surface area contributed by atoms with Crippen LogP contribution < -0.4 is 10.6 Å². The number of nitro groups is 1. The third-order valence-corrected chi connectivity index (χ3v) is 4.14. The van der Waals surface area contributed by atoms with E-state index in [2.05, 4.69) is 10.6 Å². The number of nitro benzene ring substituents is 1. The molecule has 21 heavy (non-hydrogen) atoms. The summed E-state index contributed by atoms with van der Waals surface area (Å²) in [5.41, 5.74) is 0.223. The standard InChI is InChI=1S/C14H18ClN3O3/c1-16-13-11(15)7-10(8-12(13)18(20)21)14(19)17-6-5-9-3-2-4-9/h7-9,16H,2-6H2,1H3,(H,17,19). The Morgan fingerprint density at radius 1 is 1.48 bits per heavy atom. The lowest BCUT2D eigenvalue weighted by Crippen LogP contribution is -2.27. The summed E-state index contributed by atoms with van der Waals surface area (Å²) in [5.74, 6) is 0.372. The molecule has 6 nitrogen and oxygen atoms in total. The van der Waals surface area contributed by atoms with Gasteiger partial charge in [0.25, 0.3) is 11.6 Å². The van der Waals surface area contributed by atoms with Crippen molar-refractivity contribution in [3.63, 3.8) is 0 Å². The molecule has 0 heterocycles. The van der Waals surface area contributed by atoms with Crippen molar-refractivity contribution >= 4 is 28.9 Å². The van der Waals surface area contributed by atoms with Crippen LogP contribution in [0, 0.1) is 16.0 Å². The maximum Gasteiger partial charge on any atom is 0.294 e. The van der Waals surface area contributed by atoms with E-state index in [1.165, 1.54) is 31.4 Å². The fourth-order valence-corrected chi connectivity index (χ4v) is 2.70. The third-order valence-electron chi connectivity index (χ3n) is 3.84. The number of nitrogens with one attached hydrogen (secondary N) is 2. The molecule has 1 aromatic carbocycles. The maximum absolute atomic E-state index is 12.0. The first-order valence-corrected chi connectivity index (χ1v) is 7.34. The number of halogens is 1. The quantitative estimate of drug-likeness (QED) is 0.624. The van der Waals surface area contributed by atoms with E-state index in [-0.39, 0.29) is 27.9 Å². The van der Waals surface area contributed by atoms with Crippen LogP contribution in [0.15, 0.2) is 12.1 Å². The summed E-state index contributed by atoms with van der Waals surface area (Å²) in [6.45, 7) is 0.586. The van der Waals surface area contributed by atoms with E-state index in [0.717, 1.165) is 6.42 Å². The van der Waals surface area contributed by atoms with Crippen LogP contribution in [0.2, 0.25) is 5.02 Å². The van der Waals surface area contributed by atoms with Gasteiger partial charge in [0, 0.05) is 25.2 Å². The molecule has 2 rings (SSSR count). The summed E-state index contributed by atoms with van der Waals surface area (Å²) >= 11 is 5.99. The van der Waals surface area contributed by atoms with E-state index in [9.17, 15) is 14.9 Å². The highest BCUT2D eigenvalue weighted by atomic mass is 35.5. The van der Waals surface area contributed by atoms with E-state index < -0.39 is 4.92 Å². The lowest BCUT2D eigenvalue weighted by atomic mass is 9.83. The number of anilines is 1. The lowest BCUT2D eigenvalue weighted by molar-refractivity contribution is -0.383. The van der Waals surface area contributed by atoms with Crippen LogP contribution in [-0.2, 0) is 0 Å². The zero-order chi connectivity index (χ0) is 15.4. The average molecular weight is 312 g/mol. The monoisotopic (exact) mass is 311 g/mol. The second-order valence-corrected chi connectivity index (χ2v) is 5.61. The summed E-state index contributed by atoms with van der Waals surface area (Å²) < 4.78 is 0. The Kier molecular flexibility index (Phi) is 5.01. The van der Waals surface area contributed by atoms with Gasteiger partial charge in [-0.15, -0.1) is 0 Å². The van der Waals surface area contributed by atoms with Crippen molar-refractivity contribution < 1.29 is 9.72 Å². The van der Waals surface area contributed by atoms with Gasteiger partial charge in [0.1, 0.15) is 5.69 Å². The molecular formula is C14H18ClN3O3. The first-order valence-electron chi connectivity index (χ1n) is 6.96. The number of amides is 1. The number of benzene rings is 1. The highest BCUT2D eigenvalue weighted by molar-refractivity contribution is 6.34. The van der Waals surface area contributed by atoms with Crippen molar-refractivity contribution in [3.8, 4) is 0 Å². The molecule has 0 unspecified atom stereocenters. The molecule has 1 amide bonds. The fourth-order valence-electron chi connectivity index (χ4n) is 2.39. The summed E-state index contributed by atoms with van der Waals surface area (Å²) in [5, 5.41) is 16.7. The van der Waals surface area contributed by atoms with Crippen molar-refractivity contribution in [2.75, 3.05) is 18.9 Å². The minimum absolute atomic E-state index is 0.163. The predicted molar refractivity (Wildman–Crippen MR) is 81.9 cm³/mol. The molecule has 0 spiro atoms. The zero-order valence-corrected chi connectivity index (χ0v) is 12.6. The Morgan fingerprint density at radius 2 is 2.19 bits per heavy atom. The van der Waals surface area contributed by atoms with Gasteiger partial charge < -0.3 is 10.6 Å². The number of rotatable bonds is 6. The molecule has 0 aromatic heterocycles. The molecule has 1 fully saturated rings. The van der Waals surface area contributed by atoms with Gasteiger partial charge in [-0.05, 0) is 18.4 Å². The van der Waals surface area contributed by atoms with Crippen LogP contribution >= 0.6 is 11.6 Å². The lowest BCUT2D eigenvalue weighted by Gasteiger charge is -2.25. The minimum Gasteiger partial charge on any atom is -0.381 e. The summed E-state index contributed by atoms with van der Waals surface area (Å²) in [7, 11) is 1.55. The van der Waals surface area contributed by atoms with Gasteiger partial charge in [-0.2, -0.15) is 0 Å². The third kappa shape index (κ3) is 3.64. The summed E-state index contributed by atoms with van der Waals surface area (Å²) in [6.07, 6.45) is 4.68. The summed E-state index contributed by atoms with van der Waals surface area (Å²) in [6, 6.07) is 2.69. The van der Waals surface area contributed by atoms with Crippen molar-refractivity contribution in [1.82, 2.24) is 5.32 Å². The highest BCUT2D eigenvalue weighted by Gasteiger charge is 2.21. The van der Waals surface area contributed by atoms with Crippen molar-refractivity contribution in [3.05, 3.63) is 32.8 Å². The Balaban J connectivity index is 2.07. The van der Waals surface area contributed by atoms with E-state index in [4.69, 9.17) is 11.6 Å². The van der Waals surface area contributed by atoms with Gasteiger partial charge in [0.05, 0.1) is 9.95 Å². The largest absolute Gasteiger partial charge is 0.381 e. The van der Waals surface area contributed by atoms with Gasteiger partial charge >= 0.3 is 0 Å². The second-order valence-electron chi connectivity index (χ2n) is 5.20. The predicted octanol–water partition coefficient (Wildman–Crippen LogP) is 3.21. The molecule has 0 saturated heterocycles. The van der Waals surface area contributed by atoms with Crippen molar-refractivity contribution in [1.29, 1.82) is 0 Å². The molecule has 1 aliphatic rings. The molecule has 1 saturated carbocycles. The second kappa shape index (κ2) is 6.76. The Hall–Kier alpha value is -1.82. The van der Waals surface area contributed by atoms with Gasteiger partial charge in [-0.3, -0.25) is 14.9 Å². The van der Waals surface area contributed by atoms with Crippen LogP contribution in [0.25, 0.3) is 0 Å². The van der Waals surface area contributed by atoms with E-state index in [1.54, 1.807) is 7.05 Å². The molecule has 0 radical (unpaired) electrons. The molecule has 7 heteroatoms. The summed E-state index contributed by atoms with van der Waals surface area (Å²) in [4.78, 5) is 22.5. The number of nitrogens with zero attached hydrogens (tertiary/aromatic N) is 1. The van der Waals surface area contributed by atoms with E-state index >= 15 is 0 Å². The van der Waals surface area contributed by atoms with Gasteiger partial charge in [-0.25, -0.2) is 0 Å². The molecule has 2 N–H and O–H groups in total. The van der Waals surface area contributed by atoms with Crippen LogP contribution in [0.5, 0.6) is 0 Å². The average Bonchev–Trinajstić information content (AvgIpc) is 2.40. The maximum atomic E-state index is 12.0. The number of carbonyl (C=O) groups excluding carboxylic acids is 1. The van der Waals surface area contributed by atoms with Crippen LogP contribution in [0.4, 0.5) is 11.4 Å². The van der Waals surface area contributed by atoms with Crippen molar-refractivity contribution in [2.45, 2.75) is 25.7 Å². The Labute approximate surface area is 128 Å². The zero-order valence-electron chi connectivity index (χ0n) is 11.8. The Bertz CT molecular complexity index is 559. The first kappa shape index (κ1) is 15.6. The van der Waals surface area contributed by atoms with E-state index in [1.807, 2.05) is 0 Å². The van der Waals surface area contributed by atoms with Gasteiger partial charge in [-0.1, -0.05) is 30.9 Å². The number of hydrogen-bond acceptors (Lipinski definition) is 4. The number of hydrogen-bond donors (Lipinski definition) is 2. The Morgan fingerprint density at radius 3 is 2.71 bits per heavy atom. The van der Waals surface area contributed by atoms with Crippen molar-refractivity contribution in [2.24, 2.45) is 5.92 Å². The smallest absolute Gasteiger partial charge is 0.294 e. The minimum atomic E-state index is -0.553. The highest BCUT2D eigenvalue weighted by Crippen LogP contribution is 2.33. The van der Waals surface area contributed by atoms with Crippen LogP contribution in [0.1, 0.15) is 36.0 Å². The first-order chi connectivity index (χ1) is 10.0. The molecule has 0 atom stereocenters. The number of carbonyl (C=O) groups is 1.